The van der Waals surface area contributed by atoms with Crippen molar-refractivity contribution in [1.82, 2.24) is 5.32 Å². The van der Waals surface area contributed by atoms with Gasteiger partial charge in [0.25, 0.3) is 0 Å². The summed E-state index contributed by atoms with van der Waals surface area (Å²) >= 11 is 0. The van der Waals surface area contributed by atoms with Crippen molar-refractivity contribution in [3.63, 3.8) is 0 Å². The first-order valence-electron chi connectivity index (χ1n) is 5.63. The van der Waals surface area contributed by atoms with Gasteiger partial charge in [0.15, 0.2) is 0 Å². The van der Waals surface area contributed by atoms with Crippen LogP contribution < -0.4 is 5.32 Å². The van der Waals surface area contributed by atoms with Gasteiger partial charge in [-0.2, -0.15) is 0 Å². The third kappa shape index (κ3) is 6.43. The van der Waals surface area contributed by atoms with Crippen LogP contribution in [0.3, 0.4) is 0 Å². The Balaban J connectivity index is 3.98. The maximum Gasteiger partial charge on any atom is 0.325 e. The van der Waals surface area contributed by atoms with Gasteiger partial charge in [-0.05, 0) is 26.7 Å². The standard InChI is InChI=1S/C12H23NO3/c1-8(2)9(3)11(15)13-7-10(14)16-12(4,5)6/h8-9H,7H2,1-6H3,(H,13,15). The molecule has 0 aromatic rings. The van der Waals surface area contributed by atoms with E-state index in [2.05, 4.69) is 5.32 Å². The van der Waals surface area contributed by atoms with Crippen molar-refractivity contribution in [2.24, 2.45) is 11.8 Å². The van der Waals surface area contributed by atoms with Crippen molar-refractivity contribution in [2.75, 3.05) is 6.54 Å². The third-order valence-corrected chi connectivity index (χ3v) is 2.24. The van der Waals surface area contributed by atoms with Gasteiger partial charge in [0.05, 0.1) is 0 Å². The first-order chi connectivity index (χ1) is 7.13. The van der Waals surface area contributed by atoms with Crippen molar-refractivity contribution >= 4 is 11.9 Å². The van der Waals surface area contributed by atoms with E-state index < -0.39 is 11.6 Å². The second-order valence-electron chi connectivity index (χ2n) is 5.34. The lowest BCUT2D eigenvalue weighted by Gasteiger charge is -2.20. The predicted octanol–water partition coefficient (Wildman–Crippen LogP) is 1.74. The van der Waals surface area contributed by atoms with Gasteiger partial charge in [0, 0.05) is 5.92 Å². The summed E-state index contributed by atoms with van der Waals surface area (Å²) in [5, 5.41) is 2.57. The Labute approximate surface area is 97.7 Å². The van der Waals surface area contributed by atoms with Gasteiger partial charge in [0.2, 0.25) is 5.91 Å². The van der Waals surface area contributed by atoms with Gasteiger partial charge >= 0.3 is 5.97 Å². The van der Waals surface area contributed by atoms with E-state index >= 15 is 0 Å². The van der Waals surface area contributed by atoms with E-state index in [9.17, 15) is 9.59 Å². The highest BCUT2D eigenvalue weighted by Gasteiger charge is 2.19. The van der Waals surface area contributed by atoms with Gasteiger partial charge in [-0.1, -0.05) is 20.8 Å². The predicted molar refractivity (Wildman–Crippen MR) is 62.9 cm³/mol. The molecule has 0 rings (SSSR count). The summed E-state index contributed by atoms with van der Waals surface area (Å²) in [4.78, 5) is 22.9. The van der Waals surface area contributed by atoms with Crippen molar-refractivity contribution in [2.45, 2.75) is 47.1 Å². The number of carbonyl (C=O) groups is 2. The lowest BCUT2D eigenvalue weighted by atomic mass is 9.97. The summed E-state index contributed by atoms with van der Waals surface area (Å²) < 4.78 is 5.07. The van der Waals surface area contributed by atoms with Crippen LogP contribution in [0.5, 0.6) is 0 Å². The number of amides is 1. The maximum atomic E-state index is 11.5. The summed E-state index contributed by atoms with van der Waals surface area (Å²) in [5.41, 5.74) is -0.508. The topological polar surface area (TPSA) is 55.4 Å². The van der Waals surface area contributed by atoms with E-state index in [4.69, 9.17) is 4.74 Å². The number of esters is 1. The zero-order chi connectivity index (χ0) is 12.9. The molecule has 0 aromatic carbocycles. The molecule has 0 aromatic heterocycles. The Morgan fingerprint density at radius 3 is 2.06 bits per heavy atom. The fourth-order valence-corrected chi connectivity index (χ4v) is 1.00. The summed E-state index contributed by atoms with van der Waals surface area (Å²) in [6.07, 6.45) is 0. The van der Waals surface area contributed by atoms with Crippen molar-refractivity contribution in [1.29, 1.82) is 0 Å². The summed E-state index contributed by atoms with van der Waals surface area (Å²) in [7, 11) is 0. The molecule has 0 spiro atoms. The summed E-state index contributed by atoms with van der Waals surface area (Å²) in [6.45, 7) is 11.1. The average molecular weight is 229 g/mol. The normalized spacial score (nSPS) is 13.4. The highest BCUT2D eigenvalue weighted by Crippen LogP contribution is 2.09. The number of ether oxygens (including phenoxy) is 1. The van der Waals surface area contributed by atoms with Gasteiger partial charge < -0.3 is 10.1 Å². The Bertz CT molecular complexity index is 253. The fraction of sp³-hybridized carbons (Fsp3) is 0.833. The van der Waals surface area contributed by atoms with Crippen LogP contribution in [0.4, 0.5) is 0 Å². The molecule has 0 fully saturated rings. The highest BCUT2D eigenvalue weighted by molar-refractivity contribution is 5.83. The molecular weight excluding hydrogens is 206 g/mol. The Morgan fingerprint density at radius 2 is 1.69 bits per heavy atom. The summed E-state index contributed by atoms with van der Waals surface area (Å²) in [5.74, 6) is -0.348. The molecule has 4 nitrogen and oxygen atoms in total. The third-order valence-electron chi connectivity index (χ3n) is 2.24. The minimum Gasteiger partial charge on any atom is -0.459 e. The zero-order valence-corrected chi connectivity index (χ0v) is 11.1. The van der Waals surface area contributed by atoms with Gasteiger partial charge in [-0.3, -0.25) is 9.59 Å². The maximum absolute atomic E-state index is 11.5. The summed E-state index contributed by atoms with van der Waals surface area (Å²) in [6, 6.07) is 0. The molecule has 0 saturated heterocycles. The molecule has 0 saturated carbocycles. The molecule has 1 unspecified atom stereocenters. The first-order valence-corrected chi connectivity index (χ1v) is 5.63. The molecule has 1 amide bonds. The Hall–Kier alpha value is -1.06. The quantitative estimate of drug-likeness (QED) is 0.747. The van der Waals surface area contributed by atoms with Gasteiger partial charge in [-0.15, -0.1) is 0 Å². The lowest BCUT2D eigenvalue weighted by molar-refractivity contribution is -0.154. The number of hydrogen-bond donors (Lipinski definition) is 1. The molecule has 0 aliphatic rings. The molecule has 94 valence electrons. The lowest BCUT2D eigenvalue weighted by Crippen LogP contribution is -2.38. The van der Waals surface area contributed by atoms with Crippen LogP contribution in [-0.4, -0.2) is 24.0 Å². The minimum absolute atomic E-state index is 0.0623. The van der Waals surface area contributed by atoms with E-state index in [1.165, 1.54) is 0 Å². The van der Waals surface area contributed by atoms with Crippen molar-refractivity contribution < 1.29 is 14.3 Å². The molecule has 0 aliphatic carbocycles. The SMILES string of the molecule is CC(C)C(C)C(=O)NCC(=O)OC(C)(C)C. The van der Waals surface area contributed by atoms with Crippen LogP contribution in [0.25, 0.3) is 0 Å². The van der Waals surface area contributed by atoms with Crippen molar-refractivity contribution in [3.8, 4) is 0 Å². The second-order valence-corrected chi connectivity index (χ2v) is 5.34. The molecular formula is C12H23NO3. The fourth-order valence-electron chi connectivity index (χ4n) is 1.00. The number of carbonyl (C=O) groups excluding carboxylic acids is 2. The van der Waals surface area contributed by atoms with E-state index in [0.717, 1.165) is 0 Å². The van der Waals surface area contributed by atoms with E-state index in [-0.39, 0.29) is 24.3 Å². The molecule has 16 heavy (non-hydrogen) atoms. The number of hydrogen-bond acceptors (Lipinski definition) is 3. The van der Waals surface area contributed by atoms with Crippen molar-refractivity contribution in [3.05, 3.63) is 0 Å². The molecule has 1 atom stereocenters. The van der Waals surface area contributed by atoms with Crippen LogP contribution in [0.1, 0.15) is 41.5 Å². The van der Waals surface area contributed by atoms with Crippen LogP contribution >= 0.6 is 0 Å². The monoisotopic (exact) mass is 229 g/mol. The molecule has 1 N–H and O–H groups in total. The van der Waals surface area contributed by atoms with Gasteiger partial charge in [0.1, 0.15) is 12.1 Å². The van der Waals surface area contributed by atoms with Crippen LogP contribution in [-0.2, 0) is 14.3 Å². The van der Waals surface area contributed by atoms with Crippen LogP contribution in [0.15, 0.2) is 0 Å². The molecule has 0 aliphatic heterocycles. The van der Waals surface area contributed by atoms with Crippen LogP contribution in [0.2, 0.25) is 0 Å². The van der Waals surface area contributed by atoms with Gasteiger partial charge in [-0.25, -0.2) is 0 Å². The number of nitrogens with one attached hydrogen (secondary N) is 1. The van der Waals surface area contributed by atoms with E-state index in [1.54, 1.807) is 20.8 Å². The molecule has 0 bridgehead atoms. The molecule has 0 radical (unpaired) electrons. The minimum atomic E-state index is -0.508. The smallest absolute Gasteiger partial charge is 0.325 e. The number of rotatable bonds is 4. The highest BCUT2D eigenvalue weighted by atomic mass is 16.6. The molecule has 0 heterocycles. The Morgan fingerprint density at radius 1 is 1.19 bits per heavy atom. The van der Waals surface area contributed by atoms with E-state index in [1.807, 2.05) is 20.8 Å². The molecule has 4 heteroatoms. The average Bonchev–Trinajstić information content (AvgIpc) is 2.09. The largest absolute Gasteiger partial charge is 0.459 e. The van der Waals surface area contributed by atoms with E-state index in [0.29, 0.717) is 0 Å². The zero-order valence-electron chi connectivity index (χ0n) is 11.1. The first kappa shape index (κ1) is 14.9. The second kappa shape index (κ2) is 5.87. The van der Waals surface area contributed by atoms with Crippen LogP contribution in [0, 0.1) is 11.8 Å². The Kier molecular flexibility index (Phi) is 5.48.